The van der Waals surface area contributed by atoms with Gasteiger partial charge < -0.3 is 5.11 Å². The summed E-state index contributed by atoms with van der Waals surface area (Å²) in [6.07, 6.45) is 8.04. The third-order valence-electron chi connectivity index (χ3n) is 5.73. The maximum absolute atomic E-state index is 9.42. The van der Waals surface area contributed by atoms with Crippen LogP contribution in [0.3, 0.4) is 0 Å². The molecule has 4 rings (SSSR count). The molecular formula is C15H23NO. The molecule has 0 spiro atoms. The van der Waals surface area contributed by atoms with Crippen LogP contribution in [0.1, 0.15) is 45.4 Å². The van der Waals surface area contributed by atoms with Crippen molar-refractivity contribution in [1.29, 1.82) is 5.26 Å². The fraction of sp³-hybridized carbons (Fsp3) is 0.933. The van der Waals surface area contributed by atoms with Crippen LogP contribution in [0.25, 0.3) is 0 Å². The lowest BCUT2D eigenvalue weighted by molar-refractivity contribution is -0.0533. The molecule has 0 heterocycles. The van der Waals surface area contributed by atoms with Crippen molar-refractivity contribution in [3.05, 3.63) is 0 Å². The van der Waals surface area contributed by atoms with E-state index < -0.39 is 5.41 Å². The van der Waals surface area contributed by atoms with Gasteiger partial charge >= 0.3 is 0 Å². The molecule has 1 unspecified atom stereocenters. The summed E-state index contributed by atoms with van der Waals surface area (Å²) in [5.41, 5.74) is -0.500. The highest BCUT2D eigenvalue weighted by Crippen LogP contribution is 2.58. The fourth-order valence-electron chi connectivity index (χ4n) is 5.04. The number of hydrogen-bond donors (Lipinski definition) is 1. The average Bonchev–Trinajstić information content (AvgIpc) is 2.33. The van der Waals surface area contributed by atoms with Gasteiger partial charge in [0.05, 0.1) is 18.1 Å². The molecule has 4 aliphatic rings. The van der Waals surface area contributed by atoms with Gasteiger partial charge in [0.15, 0.2) is 0 Å². The number of aliphatic hydroxyl groups is 1. The summed E-state index contributed by atoms with van der Waals surface area (Å²) >= 11 is 0. The molecule has 0 aromatic heterocycles. The Labute approximate surface area is 104 Å². The largest absolute Gasteiger partial charge is 0.395 e. The Balaban J connectivity index is 1.74. The number of aliphatic hydroxyl groups excluding tert-OH is 1. The summed E-state index contributed by atoms with van der Waals surface area (Å²) in [6.45, 7) is 1.95. The highest BCUT2D eigenvalue weighted by atomic mass is 16.3. The third kappa shape index (κ3) is 1.89. The summed E-state index contributed by atoms with van der Waals surface area (Å²) in [6, 6.07) is 2.34. The van der Waals surface area contributed by atoms with Gasteiger partial charge in [0.25, 0.3) is 0 Å². The van der Waals surface area contributed by atoms with E-state index in [4.69, 9.17) is 0 Å². The Morgan fingerprint density at radius 2 is 1.65 bits per heavy atom. The molecule has 2 nitrogen and oxygen atoms in total. The second kappa shape index (κ2) is 3.99. The topological polar surface area (TPSA) is 44.0 Å². The molecule has 94 valence electrons. The molecule has 4 saturated carbocycles. The molecule has 2 heteroatoms. The summed E-state index contributed by atoms with van der Waals surface area (Å²) in [7, 11) is 0. The first-order chi connectivity index (χ1) is 8.13. The first-order valence-corrected chi connectivity index (χ1v) is 7.15. The van der Waals surface area contributed by atoms with Crippen LogP contribution in [0.15, 0.2) is 0 Å². The van der Waals surface area contributed by atoms with E-state index in [9.17, 15) is 10.4 Å². The summed E-state index contributed by atoms with van der Waals surface area (Å²) in [5.74, 6) is 4.45. The summed E-state index contributed by atoms with van der Waals surface area (Å²) in [4.78, 5) is 0. The molecule has 4 bridgehead atoms. The van der Waals surface area contributed by atoms with E-state index in [1.54, 1.807) is 0 Å². The maximum Gasteiger partial charge on any atom is 0.0779 e. The second-order valence-corrected chi connectivity index (χ2v) is 7.13. The minimum Gasteiger partial charge on any atom is -0.395 e. The van der Waals surface area contributed by atoms with Crippen LogP contribution in [-0.2, 0) is 0 Å². The predicted octanol–water partition coefficient (Wildman–Crippen LogP) is 2.97. The number of nitriles is 1. The number of rotatable bonds is 3. The van der Waals surface area contributed by atoms with Crippen molar-refractivity contribution in [2.45, 2.75) is 45.4 Å². The van der Waals surface area contributed by atoms with Gasteiger partial charge in [0, 0.05) is 0 Å². The molecule has 4 fully saturated rings. The Bertz CT molecular complexity index is 317. The molecule has 17 heavy (non-hydrogen) atoms. The molecular weight excluding hydrogens is 210 g/mol. The molecule has 4 aliphatic carbocycles. The third-order valence-corrected chi connectivity index (χ3v) is 5.73. The van der Waals surface area contributed by atoms with Crippen LogP contribution in [0.5, 0.6) is 0 Å². The molecule has 0 aliphatic heterocycles. The molecule has 0 aromatic carbocycles. The Hall–Kier alpha value is -0.550. The Morgan fingerprint density at radius 1 is 1.12 bits per heavy atom. The SMILES string of the molecule is CC(C#N)(CO)CC1C2CC3CC(C2)CC1C3. The number of nitrogens with zero attached hydrogens (tertiary/aromatic N) is 1. The van der Waals surface area contributed by atoms with E-state index in [1.165, 1.54) is 32.1 Å². The second-order valence-electron chi connectivity index (χ2n) is 7.13. The lowest BCUT2D eigenvalue weighted by atomic mass is 9.50. The first kappa shape index (κ1) is 11.5. The molecule has 0 saturated heterocycles. The maximum atomic E-state index is 9.42. The fourth-order valence-corrected chi connectivity index (χ4v) is 5.04. The molecule has 0 amide bonds. The average molecular weight is 233 g/mol. The van der Waals surface area contributed by atoms with Gasteiger partial charge in [-0.1, -0.05) is 0 Å². The van der Waals surface area contributed by atoms with E-state index in [-0.39, 0.29) is 6.61 Å². The monoisotopic (exact) mass is 233 g/mol. The standard InChI is InChI=1S/C15H23NO/c1-15(8-16,9-17)7-14-12-3-10-2-11(5-12)6-13(14)4-10/h10-14,17H,2-7,9H2,1H3. The van der Waals surface area contributed by atoms with Gasteiger partial charge in [-0.2, -0.15) is 5.26 Å². The van der Waals surface area contributed by atoms with E-state index >= 15 is 0 Å². The minimum absolute atomic E-state index is 0.0201. The molecule has 0 radical (unpaired) electrons. The van der Waals surface area contributed by atoms with Crippen LogP contribution in [-0.4, -0.2) is 11.7 Å². The molecule has 0 aromatic rings. The van der Waals surface area contributed by atoms with Crippen molar-refractivity contribution >= 4 is 0 Å². The van der Waals surface area contributed by atoms with Crippen molar-refractivity contribution in [2.75, 3.05) is 6.61 Å². The van der Waals surface area contributed by atoms with Crippen LogP contribution in [0, 0.1) is 46.3 Å². The van der Waals surface area contributed by atoms with Crippen LogP contribution < -0.4 is 0 Å². The predicted molar refractivity (Wildman–Crippen MR) is 66.0 cm³/mol. The smallest absolute Gasteiger partial charge is 0.0779 e. The Morgan fingerprint density at radius 3 is 2.06 bits per heavy atom. The zero-order chi connectivity index (χ0) is 12.0. The van der Waals surface area contributed by atoms with Crippen molar-refractivity contribution in [2.24, 2.45) is 35.0 Å². The lowest BCUT2D eigenvalue weighted by Gasteiger charge is -2.55. The Kier molecular flexibility index (Phi) is 2.70. The quantitative estimate of drug-likeness (QED) is 0.814. The van der Waals surface area contributed by atoms with E-state index in [0.717, 1.165) is 36.0 Å². The van der Waals surface area contributed by atoms with Crippen LogP contribution in [0.4, 0.5) is 0 Å². The van der Waals surface area contributed by atoms with Gasteiger partial charge in [0.2, 0.25) is 0 Å². The number of hydrogen-bond acceptors (Lipinski definition) is 2. The van der Waals surface area contributed by atoms with E-state index in [1.807, 2.05) is 6.92 Å². The minimum atomic E-state index is -0.500. The zero-order valence-corrected chi connectivity index (χ0v) is 10.7. The van der Waals surface area contributed by atoms with Gasteiger partial charge in [0.1, 0.15) is 0 Å². The normalized spacial score (nSPS) is 46.5. The zero-order valence-electron chi connectivity index (χ0n) is 10.7. The van der Waals surface area contributed by atoms with Crippen LogP contribution >= 0.6 is 0 Å². The molecule has 1 atom stereocenters. The molecule has 1 N–H and O–H groups in total. The van der Waals surface area contributed by atoms with Crippen molar-refractivity contribution in [3.63, 3.8) is 0 Å². The van der Waals surface area contributed by atoms with Crippen molar-refractivity contribution in [1.82, 2.24) is 0 Å². The van der Waals surface area contributed by atoms with E-state index in [2.05, 4.69) is 6.07 Å². The van der Waals surface area contributed by atoms with Crippen molar-refractivity contribution < 1.29 is 5.11 Å². The van der Waals surface area contributed by atoms with Gasteiger partial charge in [-0.05, 0) is 75.0 Å². The van der Waals surface area contributed by atoms with Crippen LogP contribution in [0.2, 0.25) is 0 Å². The van der Waals surface area contributed by atoms with Gasteiger partial charge in [-0.15, -0.1) is 0 Å². The highest BCUT2D eigenvalue weighted by molar-refractivity contribution is 5.03. The van der Waals surface area contributed by atoms with Gasteiger partial charge in [-0.25, -0.2) is 0 Å². The summed E-state index contributed by atoms with van der Waals surface area (Å²) < 4.78 is 0. The van der Waals surface area contributed by atoms with E-state index in [0.29, 0.717) is 0 Å². The first-order valence-electron chi connectivity index (χ1n) is 7.15. The highest BCUT2D eigenvalue weighted by Gasteiger charge is 2.49. The summed E-state index contributed by atoms with van der Waals surface area (Å²) in [5, 5.41) is 18.6. The van der Waals surface area contributed by atoms with Crippen molar-refractivity contribution in [3.8, 4) is 6.07 Å². The van der Waals surface area contributed by atoms with Gasteiger partial charge in [-0.3, -0.25) is 0 Å². The lowest BCUT2D eigenvalue weighted by Crippen LogP contribution is -2.46.